The zero-order chi connectivity index (χ0) is 30.8. The Bertz CT molecular complexity index is 1480. The van der Waals surface area contributed by atoms with Crippen LogP contribution in [-0.2, 0) is 25.7 Å². The first-order valence-electron chi connectivity index (χ1n) is 14.5. The smallest absolute Gasteiger partial charge is 0.287 e. The molecule has 0 unspecified atom stereocenters. The number of nitrogens with zero attached hydrogens (tertiary/aromatic N) is 2. The molecule has 4 aliphatic rings. The molecule has 2 aromatic heterocycles. The molecule has 12 nitrogen and oxygen atoms in total. The third-order valence-electron chi connectivity index (χ3n) is 8.89. The van der Waals surface area contributed by atoms with E-state index in [-0.39, 0.29) is 47.2 Å². The predicted octanol–water partition coefficient (Wildman–Crippen LogP) is 2.04. The van der Waals surface area contributed by atoms with Gasteiger partial charge in [-0.25, -0.2) is 4.98 Å². The van der Waals surface area contributed by atoms with Gasteiger partial charge in [-0.3, -0.25) is 28.8 Å². The van der Waals surface area contributed by atoms with E-state index in [4.69, 9.17) is 11.6 Å². The third kappa shape index (κ3) is 6.98. The summed E-state index contributed by atoms with van der Waals surface area (Å²) in [6.45, 7) is 1.45. The number of hydrogen-bond donors (Lipinski definition) is 4. The highest BCUT2D eigenvalue weighted by Gasteiger charge is 2.48. The van der Waals surface area contributed by atoms with Crippen molar-refractivity contribution in [2.24, 2.45) is 23.7 Å². The third-order valence-corrected chi connectivity index (χ3v) is 9.97. The fourth-order valence-electron chi connectivity index (χ4n) is 7.12. The topological polar surface area (TPSA) is 168 Å². The minimum Gasteiger partial charge on any atom is -0.353 e. The number of anilines is 1. The second kappa shape index (κ2) is 13.0. The number of Topliss-reactive ketones (excluding diaryl/α,β-unsaturated/α-hetero) is 1. The molecule has 230 valence electrons. The van der Waals surface area contributed by atoms with Crippen LogP contribution in [0.3, 0.4) is 0 Å². The average molecular weight is 631 g/mol. The summed E-state index contributed by atoms with van der Waals surface area (Å²) in [6, 6.07) is 1.79. The van der Waals surface area contributed by atoms with E-state index in [1.165, 1.54) is 36.4 Å². The van der Waals surface area contributed by atoms with Crippen LogP contribution in [-0.4, -0.2) is 58.1 Å². The number of rotatable bonds is 11. The van der Waals surface area contributed by atoms with Crippen molar-refractivity contribution in [3.05, 3.63) is 43.7 Å². The monoisotopic (exact) mass is 630 g/mol. The number of amides is 4. The number of pyridine rings is 1. The molecule has 43 heavy (non-hydrogen) atoms. The van der Waals surface area contributed by atoms with Gasteiger partial charge in [-0.15, -0.1) is 11.3 Å². The van der Waals surface area contributed by atoms with Gasteiger partial charge >= 0.3 is 0 Å². The van der Waals surface area contributed by atoms with Gasteiger partial charge in [-0.2, -0.15) is 0 Å². The molecular weight excluding hydrogens is 596 g/mol. The van der Waals surface area contributed by atoms with E-state index in [2.05, 4.69) is 26.3 Å². The van der Waals surface area contributed by atoms with Crippen molar-refractivity contribution in [3.63, 3.8) is 0 Å². The van der Waals surface area contributed by atoms with Crippen LogP contribution in [0.5, 0.6) is 0 Å². The number of carbonyl (C=O) groups is 5. The number of thiazole rings is 1. The molecule has 4 fully saturated rings. The first-order valence-corrected chi connectivity index (χ1v) is 15.7. The molecule has 14 heteroatoms. The van der Waals surface area contributed by atoms with E-state index >= 15 is 0 Å². The van der Waals surface area contributed by atoms with Crippen LogP contribution in [0.4, 0.5) is 5.69 Å². The Balaban J connectivity index is 1.25. The highest BCUT2D eigenvalue weighted by molar-refractivity contribution is 7.15. The molecule has 4 amide bonds. The Hall–Kier alpha value is -3.58. The maximum absolute atomic E-state index is 13.3. The Kier molecular flexibility index (Phi) is 9.30. The predicted molar refractivity (Wildman–Crippen MR) is 160 cm³/mol. The van der Waals surface area contributed by atoms with E-state index in [0.717, 1.165) is 48.9 Å². The summed E-state index contributed by atoms with van der Waals surface area (Å²) < 4.78 is 1.38. The molecule has 0 aromatic carbocycles. The average Bonchev–Trinajstić information content (AvgIpc) is 3.31. The molecule has 4 bridgehead atoms. The summed E-state index contributed by atoms with van der Waals surface area (Å²) in [5.74, 6) is -0.777. The van der Waals surface area contributed by atoms with Gasteiger partial charge in [0.25, 0.3) is 17.4 Å². The lowest BCUT2D eigenvalue weighted by Gasteiger charge is -2.54. The van der Waals surface area contributed by atoms with Gasteiger partial charge in [0.15, 0.2) is 4.47 Å². The van der Waals surface area contributed by atoms with Gasteiger partial charge in [0, 0.05) is 30.6 Å². The molecule has 6 rings (SSSR count). The summed E-state index contributed by atoms with van der Waals surface area (Å²) in [7, 11) is 1.31. The van der Waals surface area contributed by atoms with Crippen LogP contribution in [0.25, 0.3) is 0 Å². The van der Waals surface area contributed by atoms with E-state index < -0.39 is 35.1 Å². The summed E-state index contributed by atoms with van der Waals surface area (Å²) in [5, 5.41) is 10.5. The second-order valence-electron chi connectivity index (χ2n) is 11.8. The SMILES string of the molecule is CNC(=O)C(=O)CC[C@H](NC(=O)c1nc(Cl)sc1C)C(=O)Nc1cccn(CC(=O)NC2C3CC4CC(C3)CC2C4)c1=O. The van der Waals surface area contributed by atoms with Crippen molar-refractivity contribution in [2.75, 3.05) is 12.4 Å². The highest BCUT2D eigenvalue weighted by Crippen LogP contribution is 2.53. The Morgan fingerprint density at radius 2 is 1.77 bits per heavy atom. The fraction of sp³-hybridized carbons (Fsp3) is 0.552. The molecule has 4 aliphatic carbocycles. The largest absolute Gasteiger partial charge is 0.353 e. The van der Waals surface area contributed by atoms with Crippen molar-refractivity contribution in [3.8, 4) is 0 Å². The van der Waals surface area contributed by atoms with Crippen molar-refractivity contribution in [2.45, 2.75) is 70.5 Å². The van der Waals surface area contributed by atoms with Gasteiger partial charge in [-0.1, -0.05) is 11.6 Å². The Morgan fingerprint density at radius 3 is 2.37 bits per heavy atom. The Morgan fingerprint density at radius 1 is 1.09 bits per heavy atom. The van der Waals surface area contributed by atoms with E-state index in [9.17, 15) is 28.8 Å². The van der Waals surface area contributed by atoms with E-state index in [0.29, 0.717) is 16.7 Å². The van der Waals surface area contributed by atoms with Gasteiger partial charge in [0.05, 0.1) is 0 Å². The van der Waals surface area contributed by atoms with Crippen LogP contribution < -0.4 is 26.8 Å². The zero-order valence-corrected chi connectivity index (χ0v) is 25.6. The number of carbonyl (C=O) groups excluding carboxylic acids is 5. The van der Waals surface area contributed by atoms with Gasteiger partial charge < -0.3 is 25.8 Å². The molecular formula is C29H35ClN6O6S. The molecule has 4 saturated carbocycles. The van der Waals surface area contributed by atoms with Gasteiger partial charge in [0.1, 0.15) is 24.0 Å². The summed E-state index contributed by atoms with van der Waals surface area (Å²) in [4.78, 5) is 80.8. The number of ketones is 1. The first kappa shape index (κ1) is 30.9. The van der Waals surface area contributed by atoms with Crippen molar-refractivity contribution in [1.29, 1.82) is 0 Å². The number of hydrogen-bond acceptors (Lipinski definition) is 8. The quantitative estimate of drug-likeness (QED) is 0.276. The number of aryl methyl sites for hydroxylation is 1. The van der Waals surface area contributed by atoms with Crippen LogP contribution in [0.1, 0.15) is 60.3 Å². The normalized spacial score (nSPS) is 24.2. The molecule has 2 heterocycles. The highest BCUT2D eigenvalue weighted by atomic mass is 35.5. The van der Waals surface area contributed by atoms with Crippen molar-refractivity contribution in [1.82, 2.24) is 25.5 Å². The van der Waals surface area contributed by atoms with Gasteiger partial charge in [-0.05, 0) is 81.3 Å². The number of nitrogens with one attached hydrogen (secondary N) is 4. The summed E-state index contributed by atoms with van der Waals surface area (Å²) >= 11 is 7.01. The fourth-order valence-corrected chi connectivity index (χ4v) is 8.18. The zero-order valence-electron chi connectivity index (χ0n) is 24.0. The number of aromatic nitrogens is 2. The second-order valence-corrected chi connectivity index (χ2v) is 13.6. The van der Waals surface area contributed by atoms with Crippen LogP contribution in [0.2, 0.25) is 4.47 Å². The molecule has 2 aromatic rings. The standard InChI is InChI=1S/C29H35ClN6O6S/c1-14-23(35-29(30)43-14)27(41)32-19(5-6-21(37)26(40)31-2)25(39)33-20-4-3-7-36(28(20)42)13-22(38)34-24-17-9-15-8-16(11-17)12-18(24)10-15/h3-4,7,15-19,24H,5-6,8-13H2,1-2H3,(H,31,40)(H,32,41)(H,33,39)(H,34,38)/t15?,16?,17?,18?,19-,24?/m0/s1. The number of likely N-dealkylation sites (N-methyl/N-ethyl adjacent to an activating group) is 1. The summed E-state index contributed by atoms with van der Waals surface area (Å²) in [6.07, 6.45) is 6.86. The Labute approximate surface area is 257 Å². The molecule has 0 spiro atoms. The maximum atomic E-state index is 13.3. The molecule has 0 saturated heterocycles. The lowest BCUT2D eigenvalue weighted by Crippen LogP contribution is -2.56. The molecule has 0 radical (unpaired) electrons. The van der Waals surface area contributed by atoms with Crippen molar-refractivity contribution < 1.29 is 24.0 Å². The number of halogens is 1. The molecule has 4 N–H and O–H groups in total. The minimum absolute atomic E-state index is 0.0256. The molecule has 0 aliphatic heterocycles. The van der Waals surface area contributed by atoms with E-state index in [1.807, 2.05) is 0 Å². The van der Waals surface area contributed by atoms with Crippen molar-refractivity contribution >= 4 is 58.0 Å². The lowest BCUT2D eigenvalue weighted by atomic mass is 9.54. The van der Waals surface area contributed by atoms with Crippen LogP contribution in [0, 0.1) is 30.6 Å². The minimum atomic E-state index is -1.28. The summed E-state index contributed by atoms with van der Waals surface area (Å²) in [5.41, 5.74) is -0.665. The van der Waals surface area contributed by atoms with Gasteiger partial charge in [0.2, 0.25) is 17.6 Å². The van der Waals surface area contributed by atoms with E-state index in [1.54, 1.807) is 6.92 Å². The van der Waals surface area contributed by atoms with Crippen LogP contribution in [0.15, 0.2) is 23.1 Å². The lowest BCUT2D eigenvalue weighted by molar-refractivity contribution is -0.137. The maximum Gasteiger partial charge on any atom is 0.287 e. The first-order chi connectivity index (χ1) is 20.5. The molecule has 1 atom stereocenters. The van der Waals surface area contributed by atoms with Crippen LogP contribution >= 0.6 is 22.9 Å².